The van der Waals surface area contributed by atoms with E-state index in [0.29, 0.717) is 4.31 Å². The lowest BCUT2D eigenvalue weighted by atomic mass is 10.3. The van der Waals surface area contributed by atoms with Gasteiger partial charge in [-0.05, 0) is 24.3 Å². The number of aromatic nitrogens is 1. The highest BCUT2D eigenvalue weighted by atomic mass is 32.2. The molecule has 0 saturated carbocycles. The van der Waals surface area contributed by atoms with Crippen molar-refractivity contribution in [2.45, 2.75) is 11.8 Å². The number of hydrogen-bond acceptors (Lipinski definition) is 5. The van der Waals surface area contributed by atoms with Gasteiger partial charge in [-0.2, -0.15) is 0 Å². The van der Waals surface area contributed by atoms with Crippen molar-refractivity contribution in [1.82, 2.24) is 4.98 Å². The fraction of sp³-hybridized carbons (Fsp3) is 0.0769. The second kappa shape index (κ2) is 5.30. The maximum Gasteiger partial charge on any atom is 0.271 e. The Bertz CT molecular complexity index is 729. The van der Waals surface area contributed by atoms with Crippen LogP contribution in [0.5, 0.6) is 5.75 Å². The van der Waals surface area contributed by atoms with Crippen LogP contribution in [0.15, 0.2) is 53.7 Å². The molecule has 1 amide bonds. The van der Waals surface area contributed by atoms with Crippen molar-refractivity contribution in [1.29, 1.82) is 0 Å². The van der Waals surface area contributed by atoms with Gasteiger partial charge in [0.1, 0.15) is 5.75 Å². The Kier molecular flexibility index (Phi) is 3.71. The number of hydrogen-bond donors (Lipinski definition) is 1. The molecule has 0 spiro atoms. The predicted octanol–water partition coefficient (Wildman–Crippen LogP) is 1.53. The second-order valence-corrected chi connectivity index (χ2v) is 5.78. The summed E-state index contributed by atoms with van der Waals surface area (Å²) in [6, 6.07) is 7.98. The van der Waals surface area contributed by atoms with Crippen LogP contribution in [0.1, 0.15) is 6.92 Å². The lowest BCUT2D eigenvalue weighted by molar-refractivity contribution is -0.115. The largest absolute Gasteiger partial charge is 0.508 e. The average molecular weight is 292 g/mol. The Morgan fingerprint density at radius 3 is 2.40 bits per heavy atom. The monoisotopic (exact) mass is 292 g/mol. The smallest absolute Gasteiger partial charge is 0.271 e. The Morgan fingerprint density at radius 2 is 1.85 bits per heavy atom. The van der Waals surface area contributed by atoms with E-state index in [0.717, 1.165) is 13.0 Å². The normalized spacial score (nSPS) is 11.1. The van der Waals surface area contributed by atoms with Crippen LogP contribution in [0, 0.1) is 0 Å². The number of phenols is 1. The highest BCUT2D eigenvalue weighted by Gasteiger charge is 2.28. The van der Waals surface area contributed by atoms with Gasteiger partial charge in [-0.15, -0.1) is 0 Å². The third-order valence-corrected chi connectivity index (χ3v) is 4.34. The Hall–Kier alpha value is -2.41. The van der Waals surface area contributed by atoms with Gasteiger partial charge in [-0.25, -0.2) is 12.7 Å². The van der Waals surface area contributed by atoms with E-state index in [4.69, 9.17) is 0 Å². The number of carbonyl (C=O) groups excluding carboxylic acids is 1. The Labute approximate surface area is 116 Å². The summed E-state index contributed by atoms with van der Waals surface area (Å²) in [6.45, 7) is 1.15. The molecule has 20 heavy (non-hydrogen) atoms. The van der Waals surface area contributed by atoms with Crippen LogP contribution in [0.4, 0.5) is 5.69 Å². The highest BCUT2D eigenvalue weighted by molar-refractivity contribution is 7.93. The first-order chi connectivity index (χ1) is 9.43. The summed E-state index contributed by atoms with van der Waals surface area (Å²) in [5.41, 5.74) is 0.191. The predicted molar refractivity (Wildman–Crippen MR) is 72.7 cm³/mol. The summed E-state index contributed by atoms with van der Waals surface area (Å²) < 4.78 is 25.7. The maximum atomic E-state index is 12.5. The maximum absolute atomic E-state index is 12.5. The molecule has 0 saturated heterocycles. The van der Waals surface area contributed by atoms with Crippen molar-refractivity contribution in [3.05, 3.63) is 48.8 Å². The molecule has 0 radical (unpaired) electrons. The summed E-state index contributed by atoms with van der Waals surface area (Å²) in [4.78, 5) is 15.3. The summed E-state index contributed by atoms with van der Waals surface area (Å²) >= 11 is 0. The molecule has 2 rings (SSSR count). The van der Waals surface area contributed by atoms with Crippen LogP contribution in [-0.4, -0.2) is 24.4 Å². The fourth-order valence-corrected chi connectivity index (χ4v) is 3.19. The molecule has 104 valence electrons. The molecule has 2 aromatic rings. The van der Waals surface area contributed by atoms with Gasteiger partial charge < -0.3 is 5.11 Å². The minimum Gasteiger partial charge on any atom is -0.508 e. The number of carbonyl (C=O) groups is 1. The molecule has 0 aliphatic rings. The summed E-state index contributed by atoms with van der Waals surface area (Å²) in [5.74, 6) is -0.844. The number of sulfonamides is 1. The van der Waals surface area contributed by atoms with E-state index >= 15 is 0 Å². The first-order valence-electron chi connectivity index (χ1n) is 5.68. The van der Waals surface area contributed by atoms with Gasteiger partial charge in [-0.3, -0.25) is 9.78 Å². The van der Waals surface area contributed by atoms with Gasteiger partial charge in [0.15, 0.2) is 0 Å². The number of pyridine rings is 1. The zero-order valence-electron chi connectivity index (χ0n) is 10.6. The standard InChI is InChI=1S/C13H12N2O4S/c1-10(16)15(11-5-7-14-8-6-11)20(18,19)13-4-2-3-12(17)9-13/h2-9,17H,1H3. The molecule has 1 heterocycles. The highest BCUT2D eigenvalue weighted by Crippen LogP contribution is 2.25. The first-order valence-corrected chi connectivity index (χ1v) is 7.12. The number of anilines is 1. The minimum atomic E-state index is -4.08. The molecule has 7 heteroatoms. The molecule has 1 aromatic carbocycles. The average Bonchev–Trinajstić information content (AvgIpc) is 2.39. The van der Waals surface area contributed by atoms with Crippen molar-refractivity contribution in [2.75, 3.05) is 4.31 Å². The van der Waals surface area contributed by atoms with Crippen molar-refractivity contribution in [3.8, 4) is 5.75 Å². The fourth-order valence-electron chi connectivity index (χ4n) is 1.72. The van der Waals surface area contributed by atoms with E-state index in [9.17, 15) is 18.3 Å². The van der Waals surface area contributed by atoms with Crippen molar-refractivity contribution < 1.29 is 18.3 Å². The lowest BCUT2D eigenvalue weighted by Crippen LogP contribution is -2.35. The molecule has 0 fully saturated rings. The Balaban J connectivity index is 2.57. The molecule has 0 unspecified atom stereocenters. The van der Waals surface area contributed by atoms with E-state index in [-0.39, 0.29) is 16.3 Å². The number of aromatic hydroxyl groups is 1. The van der Waals surface area contributed by atoms with E-state index < -0.39 is 15.9 Å². The van der Waals surface area contributed by atoms with Gasteiger partial charge >= 0.3 is 0 Å². The van der Waals surface area contributed by atoms with E-state index in [2.05, 4.69) is 4.98 Å². The van der Waals surface area contributed by atoms with Gasteiger partial charge in [0.2, 0.25) is 5.91 Å². The molecular formula is C13H12N2O4S. The third kappa shape index (κ3) is 2.62. The van der Waals surface area contributed by atoms with E-state index in [1.807, 2.05) is 0 Å². The first kappa shape index (κ1) is 14.0. The van der Waals surface area contributed by atoms with Crippen LogP contribution < -0.4 is 4.31 Å². The zero-order chi connectivity index (χ0) is 14.8. The van der Waals surface area contributed by atoms with Crippen molar-refractivity contribution >= 4 is 21.6 Å². The van der Waals surface area contributed by atoms with Crippen LogP contribution in [-0.2, 0) is 14.8 Å². The summed E-state index contributed by atoms with van der Waals surface area (Å²) in [5, 5.41) is 9.39. The molecule has 0 aliphatic carbocycles. The molecule has 1 aromatic heterocycles. The van der Waals surface area contributed by atoms with Crippen molar-refractivity contribution in [3.63, 3.8) is 0 Å². The molecular weight excluding hydrogens is 280 g/mol. The molecule has 1 N–H and O–H groups in total. The number of phenolic OH excluding ortho intramolecular Hbond substituents is 1. The van der Waals surface area contributed by atoms with Gasteiger partial charge in [-0.1, -0.05) is 6.07 Å². The topological polar surface area (TPSA) is 87.6 Å². The van der Waals surface area contributed by atoms with E-state index in [1.54, 1.807) is 0 Å². The quantitative estimate of drug-likeness (QED) is 0.927. The van der Waals surface area contributed by atoms with Crippen LogP contribution in [0.25, 0.3) is 0 Å². The molecule has 0 bridgehead atoms. The van der Waals surface area contributed by atoms with Crippen molar-refractivity contribution in [2.24, 2.45) is 0 Å². The van der Waals surface area contributed by atoms with Crippen LogP contribution >= 0.6 is 0 Å². The lowest BCUT2D eigenvalue weighted by Gasteiger charge is -2.20. The zero-order valence-corrected chi connectivity index (χ0v) is 11.4. The molecule has 0 atom stereocenters. The van der Waals surface area contributed by atoms with E-state index in [1.165, 1.54) is 42.7 Å². The Morgan fingerprint density at radius 1 is 1.20 bits per heavy atom. The number of benzene rings is 1. The summed E-state index contributed by atoms with van der Waals surface area (Å²) in [7, 11) is -4.08. The van der Waals surface area contributed by atoms with Gasteiger partial charge in [0.25, 0.3) is 10.0 Å². The van der Waals surface area contributed by atoms with Crippen LogP contribution in [0.3, 0.4) is 0 Å². The SMILES string of the molecule is CC(=O)N(c1ccncc1)S(=O)(=O)c1cccc(O)c1. The van der Waals surface area contributed by atoms with Gasteiger partial charge in [0.05, 0.1) is 10.6 Å². The third-order valence-electron chi connectivity index (χ3n) is 2.54. The number of rotatable bonds is 3. The number of nitrogens with zero attached hydrogens (tertiary/aromatic N) is 2. The van der Waals surface area contributed by atoms with Crippen LogP contribution in [0.2, 0.25) is 0 Å². The second-order valence-electron chi connectivity index (χ2n) is 3.99. The summed E-state index contributed by atoms with van der Waals surface area (Å²) in [6.07, 6.45) is 2.78. The minimum absolute atomic E-state index is 0.162. The number of amides is 1. The molecule has 0 aliphatic heterocycles. The van der Waals surface area contributed by atoms with Gasteiger partial charge in [0, 0.05) is 25.4 Å². The molecule has 6 nitrogen and oxygen atoms in total.